The molecule has 84 valence electrons. The first-order valence-electron chi connectivity index (χ1n) is 4.91. The second-order valence-electron chi connectivity index (χ2n) is 3.39. The molecule has 0 amide bonds. The number of aromatic amines is 1. The lowest BCUT2D eigenvalue weighted by molar-refractivity contribution is 1.41. The molecule has 1 aromatic heterocycles. The number of H-pyrrole nitrogens is 1. The first-order chi connectivity index (χ1) is 8.24. The second-order valence-corrected chi connectivity index (χ2v) is 4.17. The third-order valence-electron chi connectivity index (χ3n) is 2.36. The van der Waals surface area contributed by atoms with E-state index in [4.69, 9.17) is 28.5 Å². The molecule has 2 aromatic rings. The molecule has 4 heteroatoms. The summed E-state index contributed by atoms with van der Waals surface area (Å²) in [5.41, 5.74) is 2.66. The van der Waals surface area contributed by atoms with E-state index in [1.165, 1.54) is 6.08 Å². The van der Waals surface area contributed by atoms with Gasteiger partial charge in [0.25, 0.3) is 0 Å². The number of rotatable bonds is 2. The van der Waals surface area contributed by atoms with Gasteiger partial charge in [0, 0.05) is 35.2 Å². The van der Waals surface area contributed by atoms with E-state index in [0.29, 0.717) is 10.0 Å². The van der Waals surface area contributed by atoms with Crippen molar-refractivity contribution in [2.24, 2.45) is 0 Å². The fraction of sp³-hybridized carbons (Fsp3) is 0. The highest BCUT2D eigenvalue weighted by molar-refractivity contribution is 6.43. The highest BCUT2D eigenvalue weighted by atomic mass is 35.5. The Morgan fingerprint density at radius 1 is 1.18 bits per heavy atom. The van der Waals surface area contributed by atoms with E-state index in [0.717, 1.165) is 16.7 Å². The van der Waals surface area contributed by atoms with Crippen LogP contribution in [0.3, 0.4) is 0 Å². The molecule has 0 saturated heterocycles. The topological polar surface area (TPSA) is 39.6 Å². The van der Waals surface area contributed by atoms with Crippen LogP contribution >= 0.6 is 23.2 Å². The van der Waals surface area contributed by atoms with Crippen LogP contribution in [0.2, 0.25) is 10.0 Å². The van der Waals surface area contributed by atoms with Crippen molar-refractivity contribution in [1.29, 1.82) is 5.26 Å². The number of nitriles is 1. The molecular weight excluding hydrogens is 255 g/mol. The van der Waals surface area contributed by atoms with Crippen molar-refractivity contribution in [2.45, 2.75) is 0 Å². The average molecular weight is 263 g/mol. The van der Waals surface area contributed by atoms with Gasteiger partial charge in [-0.05, 0) is 12.1 Å². The van der Waals surface area contributed by atoms with Gasteiger partial charge < -0.3 is 4.98 Å². The molecule has 0 bridgehead atoms. The van der Waals surface area contributed by atoms with E-state index in [2.05, 4.69) is 4.98 Å². The van der Waals surface area contributed by atoms with Gasteiger partial charge in [-0.15, -0.1) is 0 Å². The molecule has 0 aliphatic rings. The number of halogens is 2. The Kier molecular flexibility index (Phi) is 3.53. The number of benzene rings is 1. The lowest BCUT2D eigenvalue weighted by atomic mass is 10.0. The van der Waals surface area contributed by atoms with Crippen LogP contribution in [0, 0.1) is 11.3 Å². The van der Waals surface area contributed by atoms with Crippen LogP contribution < -0.4 is 0 Å². The summed E-state index contributed by atoms with van der Waals surface area (Å²) >= 11 is 12.1. The summed E-state index contributed by atoms with van der Waals surface area (Å²) in [6, 6.07) is 7.43. The maximum atomic E-state index is 8.53. The number of aromatic nitrogens is 1. The summed E-state index contributed by atoms with van der Waals surface area (Å²) in [7, 11) is 0. The number of allylic oxidation sites excluding steroid dienone is 1. The van der Waals surface area contributed by atoms with Gasteiger partial charge in [-0.25, -0.2) is 0 Å². The summed E-state index contributed by atoms with van der Waals surface area (Å²) < 4.78 is 0. The normalized spacial score (nSPS) is 10.6. The van der Waals surface area contributed by atoms with E-state index in [1.807, 2.05) is 24.4 Å². The molecule has 0 radical (unpaired) electrons. The monoisotopic (exact) mass is 262 g/mol. The predicted molar refractivity (Wildman–Crippen MR) is 70.9 cm³/mol. The fourth-order valence-corrected chi connectivity index (χ4v) is 1.99. The Balaban J connectivity index is 2.54. The number of nitrogens with zero attached hydrogens (tertiary/aromatic N) is 1. The molecule has 0 spiro atoms. The van der Waals surface area contributed by atoms with E-state index in [1.54, 1.807) is 18.3 Å². The molecule has 0 saturated carbocycles. The van der Waals surface area contributed by atoms with Crippen LogP contribution in [0.15, 0.2) is 36.7 Å². The van der Waals surface area contributed by atoms with Crippen molar-refractivity contribution in [3.05, 3.63) is 52.3 Å². The van der Waals surface area contributed by atoms with Crippen LogP contribution in [0.4, 0.5) is 0 Å². The quantitative estimate of drug-likeness (QED) is 0.794. The molecule has 0 aliphatic heterocycles. The lowest BCUT2D eigenvalue weighted by Crippen LogP contribution is -1.80. The Labute approximate surface area is 109 Å². The van der Waals surface area contributed by atoms with Crippen molar-refractivity contribution in [2.75, 3.05) is 0 Å². The first-order valence-corrected chi connectivity index (χ1v) is 5.67. The SMILES string of the molecule is N#C/C=C/c1c[nH]cc1-c1cccc(Cl)c1Cl. The maximum absolute atomic E-state index is 8.53. The summed E-state index contributed by atoms with van der Waals surface area (Å²) in [5.74, 6) is 0. The third-order valence-corrected chi connectivity index (χ3v) is 3.18. The minimum atomic E-state index is 0.514. The second kappa shape index (κ2) is 5.09. The summed E-state index contributed by atoms with van der Waals surface area (Å²) in [5, 5.41) is 9.56. The zero-order valence-electron chi connectivity index (χ0n) is 8.74. The zero-order chi connectivity index (χ0) is 12.3. The van der Waals surface area contributed by atoms with Crippen LogP contribution in [0.5, 0.6) is 0 Å². The molecule has 0 unspecified atom stereocenters. The largest absolute Gasteiger partial charge is 0.366 e. The van der Waals surface area contributed by atoms with Gasteiger partial charge in [0.1, 0.15) is 0 Å². The highest BCUT2D eigenvalue weighted by Crippen LogP contribution is 2.35. The first kappa shape index (κ1) is 11.8. The van der Waals surface area contributed by atoms with Gasteiger partial charge in [0.05, 0.1) is 16.1 Å². The van der Waals surface area contributed by atoms with Gasteiger partial charge in [-0.2, -0.15) is 5.26 Å². The Hall–Kier alpha value is -1.69. The summed E-state index contributed by atoms with van der Waals surface area (Å²) in [4.78, 5) is 2.99. The lowest BCUT2D eigenvalue weighted by Gasteiger charge is -2.04. The van der Waals surface area contributed by atoms with Crippen molar-refractivity contribution in [3.8, 4) is 17.2 Å². The van der Waals surface area contributed by atoms with Crippen molar-refractivity contribution >= 4 is 29.3 Å². The van der Waals surface area contributed by atoms with E-state index in [9.17, 15) is 0 Å². The van der Waals surface area contributed by atoms with E-state index in [-0.39, 0.29) is 0 Å². The van der Waals surface area contributed by atoms with E-state index < -0.39 is 0 Å². The zero-order valence-corrected chi connectivity index (χ0v) is 10.3. The molecule has 0 atom stereocenters. The van der Waals surface area contributed by atoms with Gasteiger partial charge in [0.15, 0.2) is 0 Å². The Morgan fingerprint density at radius 2 is 2.00 bits per heavy atom. The molecule has 1 aromatic carbocycles. The number of hydrogen-bond donors (Lipinski definition) is 1. The van der Waals surface area contributed by atoms with Crippen molar-refractivity contribution in [3.63, 3.8) is 0 Å². The Morgan fingerprint density at radius 3 is 2.76 bits per heavy atom. The highest BCUT2D eigenvalue weighted by Gasteiger charge is 2.10. The van der Waals surface area contributed by atoms with Gasteiger partial charge in [-0.3, -0.25) is 0 Å². The maximum Gasteiger partial charge on any atom is 0.0912 e. The van der Waals surface area contributed by atoms with Crippen LogP contribution in [0.25, 0.3) is 17.2 Å². The molecule has 2 nitrogen and oxygen atoms in total. The minimum absolute atomic E-state index is 0.514. The number of nitrogens with one attached hydrogen (secondary N) is 1. The van der Waals surface area contributed by atoms with E-state index >= 15 is 0 Å². The van der Waals surface area contributed by atoms with Crippen LogP contribution in [-0.2, 0) is 0 Å². The summed E-state index contributed by atoms with van der Waals surface area (Å²) in [6.07, 6.45) is 6.78. The molecular formula is C13H8Cl2N2. The standard InChI is InChI=1S/C13H8Cl2N2/c14-12-5-1-4-10(13(12)15)11-8-17-7-9(11)3-2-6-16/h1-5,7-8,17H/b3-2+. The smallest absolute Gasteiger partial charge is 0.0912 e. The summed E-state index contributed by atoms with van der Waals surface area (Å²) in [6.45, 7) is 0. The van der Waals surface area contributed by atoms with Gasteiger partial charge in [0.2, 0.25) is 0 Å². The molecule has 17 heavy (non-hydrogen) atoms. The van der Waals surface area contributed by atoms with Crippen LogP contribution in [0.1, 0.15) is 5.56 Å². The molecule has 0 fully saturated rings. The molecule has 2 rings (SSSR count). The van der Waals surface area contributed by atoms with Gasteiger partial charge >= 0.3 is 0 Å². The fourth-order valence-electron chi connectivity index (χ4n) is 1.59. The minimum Gasteiger partial charge on any atom is -0.366 e. The Bertz CT molecular complexity index is 606. The van der Waals surface area contributed by atoms with Crippen molar-refractivity contribution < 1.29 is 0 Å². The van der Waals surface area contributed by atoms with Gasteiger partial charge in [-0.1, -0.05) is 35.3 Å². The van der Waals surface area contributed by atoms with Crippen LogP contribution in [-0.4, -0.2) is 4.98 Å². The molecule has 0 aliphatic carbocycles. The molecule has 1 N–H and O–H groups in total. The van der Waals surface area contributed by atoms with Crippen molar-refractivity contribution in [1.82, 2.24) is 4.98 Å². The molecule has 1 heterocycles. The predicted octanol–water partition coefficient (Wildman–Crippen LogP) is 4.53. The average Bonchev–Trinajstić information content (AvgIpc) is 2.78. The third kappa shape index (κ3) is 2.36. The number of hydrogen-bond acceptors (Lipinski definition) is 1.